The summed E-state index contributed by atoms with van der Waals surface area (Å²) in [6.07, 6.45) is -0.302. The number of fused-ring (bicyclic) bond motifs is 1. The van der Waals surface area contributed by atoms with Gasteiger partial charge in [-0.05, 0) is 30.7 Å². The molecule has 146 valence electrons. The predicted molar refractivity (Wildman–Crippen MR) is 116 cm³/mol. The van der Waals surface area contributed by atoms with Gasteiger partial charge in [-0.15, -0.1) is 0 Å². The van der Waals surface area contributed by atoms with Crippen molar-refractivity contribution in [2.24, 2.45) is 0 Å². The van der Waals surface area contributed by atoms with Gasteiger partial charge in [0, 0.05) is 15.6 Å². The number of Topliss-reactive ketones (excluding diaryl/α,β-unsaturated/α-hetero) is 1. The van der Waals surface area contributed by atoms with E-state index >= 15 is 0 Å². The molecule has 0 saturated carbocycles. The number of amides is 1. The minimum Gasteiger partial charge on any atom is -0.375 e. The summed E-state index contributed by atoms with van der Waals surface area (Å²) in [5, 5.41) is 11.4. The lowest BCUT2D eigenvalue weighted by molar-refractivity contribution is -0.136. The Morgan fingerprint density at radius 2 is 1.72 bits per heavy atom. The molecular weight excluding hydrogens is 430 g/mol. The molecule has 3 aromatic carbocycles. The van der Waals surface area contributed by atoms with Crippen LogP contribution in [0.1, 0.15) is 33.5 Å². The Bertz CT molecular complexity index is 1080. The number of hydrogen-bond donors (Lipinski definition) is 1. The van der Waals surface area contributed by atoms with Crippen molar-refractivity contribution in [2.75, 3.05) is 4.90 Å². The molecule has 0 radical (unpaired) electrons. The van der Waals surface area contributed by atoms with E-state index < -0.39 is 11.5 Å². The van der Waals surface area contributed by atoms with E-state index in [1.54, 1.807) is 41.3 Å². The Morgan fingerprint density at radius 3 is 2.41 bits per heavy atom. The zero-order valence-corrected chi connectivity index (χ0v) is 17.5. The van der Waals surface area contributed by atoms with E-state index in [0.29, 0.717) is 23.4 Å². The topological polar surface area (TPSA) is 57.6 Å². The van der Waals surface area contributed by atoms with Crippen molar-refractivity contribution in [2.45, 2.75) is 25.5 Å². The normalized spacial score (nSPS) is 18.0. The van der Waals surface area contributed by atoms with E-state index in [2.05, 4.69) is 15.9 Å². The van der Waals surface area contributed by atoms with Gasteiger partial charge in [0.15, 0.2) is 11.4 Å². The van der Waals surface area contributed by atoms with Gasteiger partial charge >= 0.3 is 0 Å². The third-order valence-corrected chi connectivity index (χ3v) is 5.76. The summed E-state index contributed by atoms with van der Waals surface area (Å²) >= 11 is 3.42. The summed E-state index contributed by atoms with van der Waals surface area (Å²) in [6, 6.07) is 22.0. The van der Waals surface area contributed by atoms with Gasteiger partial charge in [-0.1, -0.05) is 76.1 Å². The van der Waals surface area contributed by atoms with Crippen LogP contribution in [0.15, 0.2) is 77.3 Å². The van der Waals surface area contributed by atoms with Gasteiger partial charge in [-0.25, -0.2) is 0 Å². The van der Waals surface area contributed by atoms with Crippen molar-refractivity contribution < 1.29 is 14.7 Å². The van der Waals surface area contributed by atoms with Crippen LogP contribution in [0.3, 0.4) is 0 Å². The molecule has 1 unspecified atom stereocenters. The van der Waals surface area contributed by atoms with Crippen molar-refractivity contribution in [1.82, 2.24) is 0 Å². The maximum Gasteiger partial charge on any atom is 0.264 e. The summed E-state index contributed by atoms with van der Waals surface area (Å²) < 4.78 is 0.742. The molecule has 0 fully saturated rings. The number of aliphatic hydroxyl groups is 1. The number of hydrogen-bond acceptors (Lipinski definition) is 3. The maximum absolute atomic E-state index is 13.3. The molecule has 3 aromatic rings. The highest BCUT2D eigenvalue weighted by molar-refractivity contribution is 9.10. The molecule has 0 aromatic heterocycles. The Labute approximate surface area is 177 Å². The highest BCUT2D eigenvalue weighted by Crippen LogP contribution is 2.44. The largest absolute Gasteiger partial charge is 0.375 e. The first-order valence-corrected chi connectivity index (χ1v) is 10.2. The number of ketones is 1. The maximum atomic E-state index is 13.3. The van der Waals surface area contributed by atoms with Crippen molar-refractivity contribution in [3.63, 3.8) is 0 Å². The van der Waals surface area contributed by atoms with Crippen LogP contribution in [-0.4, -0.2) is 16.8 Å². The zero-order valence-electron chi connectivity index (χ0n) is 15.9. The Kier molecular flexibility index (Phi) is 5.11. The lowest BCUT2D eigenvalue weighted by atomic mass is 9.88. The molecule has 0 spiro atoms. The average molecular weight is 450 g/mol. The van der Waals surface area contributed by atoms with Gasteiger partial charge in [0.1, 0.15) is 0 Å². The molecule has 1 heterocycles. The zero-order chi connectivity index (χ0) is 20.6. The molecule has 1 aliphatic heterocycles. The molecule has 4 rings (SSSR count). The molecule has 4 nitrogen and oxygen atoms in total. The van der Waals surface area contributed by atoms with Crippen LogP contribution >= 0.6 is 15.9 Å². The second-order valence-electron chi connectivity index (χ2n) is 7.36. The van der Waals surface area contributed by atoms with Crippen LogP contribution in [0.5, 0.6) is 0 Å². The van der Waals surface area contributed by atoms with Crippen LogP contribution in [-0.2, 0) is 16.9 Å². The third-order valence-electron chi connectivity index (χ3n) is 5.27. The third kappa shape index (κ3) is 3.63. The van der Waals surface area contributed by atoms with Gasteiger partial charge in [-0.2, -0.15) is 0 Å². The van der Waals surface area contributed by atoms with Crippen LogP contribution in [0.4, 0.5) is 5.69 Å². The molecule has 29 heavy (non-hydrogen) atoms. The summed E-state index contributed by atoms with van der Waals surface area (Å²) in [5.74, 6) is -0.750. The average Bonchev–Trinajstić information content (AvgIpc) is 2.92. The van der Waals surface area contributed by atoms with Crippen molar-refractivity contribution in [1.29, 1.82) is 0 Å². The van der Waals surface area contributed by atoms with Crippen LogP contribution in [0.25, 0.3) is 0 Å². The molecule has 1 N–H and O–H groups in total. The number of benzene rings is 3. The highest BCUT2D eigenvalue weighted by atomic mass is 79.9. The standard InChI is InChI=1S/C24H20BrNO3/c1-16-7-9-17(10-8-16)15-26-21-12-11-19(25)13-20(21)24(29,23(26)28)14-22(27)18-5-3-2-4-6-18/h2-13,29H,14-15H2,1H3. The second kappa shape index (κ2) is 7.58. The number of anilines is 1. The van der Waals surface area contributed by atoms with Gasteiger partial charge < -0.3 is 10.0 Å². The lowest BCUT2D eigenvalue weighted by Crippen LogP contribution is -2.41. The van der Waals surface area contributed by atoms with Gasteiger partial charge in [0.05, 0.1) is 18.7 Å². The van der Waals surface area contributed by atoms with Crippen molar-refractivity contribution in [3.05, 3.63) is 99.5 Å². The van der Waals surface area contributed by atoms with Gasteiger partial charge in [0.25, 0.3) is 5.91 Å². The van der Waals surface area contributed by atoms with E-state index in [-0.39, 0.29) is 12.2 Å². The quantitative estimate of drug-likeness (QED) is 0.570. The first-order chi connectivity index (χ1) is 13.9. The predicted octanol–water partition coefficient (Wildman–Crippen LogP) is 4.76. The highest BCUT2D eigenvalue weighted by Gasteiger charge is 2.51. The summed E-state index contributed by atoms with van der Waals surface area (Å²) in [6.45, 7) is 2.33. The van der Waals surface area contributed by atoms with Crippen molar-refractivity contribution >= 4 is 33.3 Å². The number of halogens is 1. The summed E-state index contributed by atoms with van der Waals surface area (Å²) in [7, 11) is 0. The van der Waals surface area contributed by atoms with Gasteiger partial charge in [0.2, 0.25) is 0 Å². The monoisotopic (exact) mass is 449 g/mol. The molecule has 5 heteroatoms. The first kappa shape index (κ1) is 19.6. The molecular formula is C24H20BrNO3. The van der Waals surface area contributed by atoms with Crippen molar-refractivity contribution in [3.8, 4) is 0 Å². The number of carbonyl (C=O) groups excluding carboxylic acids is 2. The SMILES string of the molecule is Cc1ccc(CN2C(=O)C(O)(CC(=O)c3ccccc3)c3cc(Br)ccc32)cc1. The summed E-state index contributed by atoms with van der Waals surface area (Å²) in [4.78, 5) is 27.7. The van der Waals surface area contributed by atoms with E-state index in [0.717, 1.165) is 15.6 Å². The van der Waals surface area contributed by atoms with Crippen LogP contribution in [0.2, 0.25) is 0 Å². The minimum absolute atomic E-state index is 0.274. The lowest BCUT2D eigenvalue weighted by Gasteiger charge is -2.23. The molecule has 1 atom stereocenters. The Balaban J connectivity index is 1.71. The van der Waals surface area contributed by atoms with E-state index in [4.69, 9.17) is 0 Å². The van der Waals surface area contributed by atoms with Gasteiger partial charge in [-0.3, -0.25) is 9.59 Å². The molecule has 1 aliphatic rings. The smallest absolute Gasteiger partial charge is 0.264 e. The minimum atomic E-state index is -1.89. The summed E-state index contributed by atoms with van der Waals surface area (Å²) in [5.41, 5.74) is 1.75. The molecule has 0 saturated heterocycles. The number of nitrogens with zero attached hydrogens (tertiary/aromatic N) is 1. The fraction of sp³-hybridized carbons (Fsp3) is 0.167. The fourth-order valence-electron chi connectivity index (χ4n) is 3.69. The van der Waals surface area contributed by atoms with E-state index in [9.17, 15) is 14.7 Å². The van der Waals surface area contributed by atoms with E-state index in [1.165, 1.54) is 0 Å². The fourth-order valence-corrected chi connectivity index (χ4v) is 4.05. The van der Waals surface area contributed by atoms with Crippen LogP contribution < -0.4 is 4.90 Å². The van der Waals surface area contributed by atoms with E-state index in [1.807, 2.05) is 43.3 Å². The first-order valence-electron chi connectivity index (χ1n) is 9.37. The number of rotatable bonds is 5. The number of carbonyl (C=O) groups is 2. The van der Waals surface area contributed by atoms with Crippen LogP contribution in [0, 0.1) is 6.92 Å². The molecule has 0 aliphatic carbocycles. The molecule has 0 bridgehead atoms. The Morgan fingerprint density at radius 1 is 1.03 bits per heavy atom. The second-order valence-corrected chi connectivity index (χ2v) is 8.28. The molecule has 1 amide bonds. The Hall–Kier alpha value is -2.76. The number of aryl methyl sites for hydroxylation is 1.